The Balaban J connectivity index is 2.07. The van der Waals surface area contributed by atoms with Gasteiger partial charge in [-0.05, 0) is 46.2 Å². The lowest BCUT2D eigenvalue weighted by Gasteiger charge is -2.29. The molecule has 0 radical (unpaired) electrons. The maximum Gasteiger partial charge on any atom is 0.224 e. The number of amides is 1. The normalized spacial score (nSPS) is 19.5. The van der Waals surface area contributed by atoms with Crippen LogP contribution < -0.4 is 16.4 Å². The van der Waals surface area contributed by atoms with Crippen LogP contribution in [0.25, 0.3) is 0 Å². The summed E-state index contributed by atoms with van der Waals surface area (Å²) < 4.78 is 43.8. The largest absolute Gasteiger partial charge is 0.394 e. The number of nitrogens with zero attached hydrogens (tertiary/aromatic N) is 4. The van der Waals surface area contributed by atoms with E-state index in [2.05, 4.69) is 32.3 Å². The van der Waals surface area contributed by atoms with Gasteiger partial charge in [0.05, 0.1) is 12.3 Å². The summed E-state index contributed by atoms with van der Waals surface area (Å²) in [7, 11) is 0. The van der Waals surface area contributed by atoms with Crippen molar-refractivity contribution < 1.29 is 23.1 Å². The number of aliphatic imine (C=N–C) groups is 2. The second kappa shape index (κ2) is 10.7. The van der Waals surface area contributed by atoms with Gasteiger partial charge >= 0.3 is 0 Å². The van der Waals surface area contributed by atoms with Crippen LogP contribution in [0.3, 0.4) is 0 Å². The van der Waals surface area contributed by atoms with Crippen LogP contribution in [0.2, 0.25) is 0 Å². The summed E-state index contributed by atoms with van der Waals surface area (Å²) in [6.07, 6.45) is 2.16. The summed E-state index contributed by atoms with van der Waals surface area (Å²) in [6.45, 7) is 6.72. The van der Waals surface area contributed by atoms with E-state index in [0.717, 1.165) is 0 Å². The zero-order chi connectivity index (χ0) is 25.0. The summed E-state index contributed by atoms with van der Waals surface area (Å²) >= 11 is 0. The third-order valence-corrected chi connectivity index (χ3v) is 5.77. The molecule has 184 valence electrons. The summed E-state index contributed by atoms with van der Waals surface area (Å²) in [5.41, 5.74) is 5.33. The fourth-order valence-corrected chi connectivity index (χ4v) is 3.98. The molecule has 1 saturated carbocycles. The maximum absolute atomic E-state index is 14.4. The van der Waals surface area contributed by atoms with Gasteiger partial charge in [0.25, 0.3) is 0 Å². The zero-order valence-electron chi connectivity index (χ0n) is 19.0. The van der Waals surface area contributed by atoms with E-state index >= 15 is 0 Å². The highest BCUT2D eigenvalue weighted by atomic mass is 19.1. The van der Waals surface area contributed by atoms with E-state index in [1.807, 2.05) is 0 Å². The molecule has 1 aliphatic carbocycles. The molecule has 0 spiro atoms. The van der Waals surface area contributed by atoms with Gasteiger partial charge in [0, 0.05) is 30.1 Å². The van der Waals surface area contributed by atoms with Crippen molar-refractivity contribution >= 4 is 36.0 Å². The zero-order valence-corrected chi connectivity index (χ0v) is 19.0. The van der Waals surface area contributed by atoms with Gasteiger partial charge in [-0.25, -0.2) is 23.1 Å². The van der Waals surface area contributed by atoms with Crippen molar-refractivity contribution in [2.45, 2.75) is 51.6 Å². The number of carbonyl (C=O) groups excluding carboxylic acids is 1. The first kappa shape index (κ1) is 25.2. The van der Waals surface area contributed by atoms with Crippen LogP contribution in [0.4, 0.5) is 30.6 Å². The van der Waals surface area contributed by atoms with Gasteiger partial charge in [-0.3, -0.25) is 9.36 Å². The van der Waals surface area contributed by atoms with Gasteiger partial charge in [0.1, 0.15) is 11.5 Å². The van der Waals surface area contributed by atoms with Crippen LogP contribution in [0.15, 0.2) is 22.1 Å². The Hall–Kier alpha value is -3.41. The Morgan fingerprint density at radius 1 is 1.29 bits per heavy atom. The van der Waals surface area contributed by atoms with E-state index in [-0.39, 0.29) is 42.4 Å². The Morgan fingerprint density at radius 2 is 1.91 bits per heavy atom. The minimum absolute atomic E-state index is 0.0989. The molecule has 1 aromatic carbocycles. The maximum atomic E-state index is 14.4. The molecule has 0 aliphatic heterocycles. The number of guanidine groups is 1. The highest BCUT2D eigenvalue weighted by Crippen LogP contribution is 2.39. The van der Waals surface area contributed by atoms with E-state index in [0.29, 0.717) is 49.3 Å². The molecule has 1 aliphatic rings. The van der Waals surface area contributed by atoms with Crippen LogP contribution in [-0.2, 0) is 4.79 Å². The molecule has 0 saturated heterocycles. The van der Waals surface area contributed by atoms with Crippen LogP contribution >= 0.6 is 0 Å². The minimum Gasteiger partial charge on any atom is -0.394 e. The molecular weight excluding hydrogens is 451 g/mol. The molecule has 1 fully saturated rings. The molecule has 0 unspecified atom stereocenters. The molecule has 3 rings (SSSR count). The van der Waals surface area contributed by atoms with Crippen molar-refractivity contribution in [1.29, 1.82) is 0 Å². The van der Waals surface area contributed by atoms with E-state index < -0.39 is 23.1 Å². The molecule has 2 aromatic rings. The van der Waals surface area contributed by atoms with E-state index in [9.17, 15) is 23.1 Å². The molecule has 34 heavy (non-hydrogen) atoms. The molecule has 0 bridgehead atoms. The third-order valence-electron chi connectivity index (χ3n) is 5.77. The van der Waals surface area contributed by atoms with Gasteiger partial charge in [0.2, 0.25) is 17.8 Å². The lowest BCUT2D eigenvalue weighted by Crippen LogP contribution is -2.34. The lowest BCUT2D eigenvalue weighted by atomic mass is 9.85. The highest BCUT2D eigenvalue weighted by molar-refractivity contribution is 5.86. The third kappa shape index (κ3) is 5.56. The summed E-state index contributed by atoms with van der Waals surface area (Å²) in [6, 6.07) is 0.573. The Morgan fingerprint density at radius 3 is 2.44 bits per heavy atom. The van der Waals surface area contributed by atoms with Crippen molar-refractivity contribution in [1.82, 2.24) is 14.9 Å². The smallest absolute Gasteiger partial charge is 0.224 e. The van der Waals surface area contributed by atoms with E-state index in [4.69, 9.17) is 5.73 Å². The average molecular weight is 480 g/mol. The quantitative estimate of drug-likeness (QED) is 0.358. The predicted octanol–water partition coefficient (Wildman–Crippen LogP) is 3.23. The number of imidazole rings is 1. The second-order valence-electron chi connectivity index (χ2n) is 8.31. The van der Waals surface area contributed by atoms with Crippen LogP contribution in [0.1, 0.15) is 44.3 Å². The van der Waals surface area contributed by atoms with Gasteiger partial charge in [-0.2, -0.15) is 4.99 Å². The Labute approximate surface area is 195 Å². The number of aliphatic hydroxyl groups excluding tert-OH is 1. The standard InChI is InChI=1S/C22H28F3N7O2/c1-11(10-33)28-21(27-3)31-20-12(2)29-22(30-18-16(24)8-14(23)9-17(18)25)32(20)15-6-4-13(5-7-15)19(26)34/h8-9,11,13,15,33H,3-7,10H2,1-2H3,(H2,26,34)(H,28,31)(H,29,30)/t11-,13-,15+/m0/s1. The van der Waals surface area contributed by atoms with Crippen LogP contribution in [0, 0.1) is 30.3 Å². The second-order valence-corrected chi connectivity index (χ2v) is 8.31. The predicted molar refractivity (Wildman–Crippen MR) is 123 cm³/mol. The molecule has 1 heterocycles. The molecular formula is C22H28F3N7O2. The first-order chi connectivity index (χ1) is 16.1. The Kier molecular flexibility index (Phi) is 7.92. The summed E-state index contributed by atoms with van der Waals surface area (Å²) in [4.78, 5) is 24.4. The fourth-order valence-electron chi connectivity index (χ4n) is 3.98. The SMILES string of the molecule is C=N/C(=N\c1c(C)nc(Nc2c(F)cc(F)cc2F)n1[C@H]1CC[C@@H](C(N)=O)CC1)N[C@@H](C)CO. The van der Waals surface area contributed by atoms with Crippen molar-refractivity contribution in [3.05, 3.63) is 35.3 Å². The minimum atomic E-state index is -1.11. The van der Waals surface area contributed by atoms with Crippen molar-refractivity contribution in [3.8, 4) is 0 Å². The Bertz CT molecular complexity index is 1070. The molecule has 1 amide bonds. The summed E-state index contributed by atoms with van der Waals surface area (Å²) in [5.74, 6) is -3.31. The number of rotatable bonds is 7. The number of hydrogen-bond donors (Lipinski definition) is 4. The number of aryl methyl sites for hydroxylation is 1. The van der Waals surface area contributed by atoms with Crippen molar-refractivity contribution in [2.75, 3.05) is 11.9 Å². The van der Waals surface area contributed by atoms with Gasteiger partial charge in [-0.1, -0.05) is 0 Å². The molecule has 12 heteroatoms. The highest BCUT2D eigenvalue weighted by Gasteiger charge is 2.30. The molecule has 9 nitrogen and oxygen atoms in total. The number of aliphatic hydroxyl groups is 1. The molecule has 5 N–H and O–H groups in total. The number of hydrogen-bond acceptors (Lipinski definition) is 5. The van der Waals surface area contributed by atoms with Crippen LogP contribution in [0.5, 0.6) is 0 Å². The van der Waals surface area contributed by atoms with Gasteiger partial charge < -0.3 is 21.5 Å². The first-order valence-corrected chi connectivity index (χ1v) is 10.9. The first-order valence-electron chi connectivity index (χ1n) is 10.9. The van der Waals surface area contributed by atoms with E-state index in [1.165, 1.54) is 0 Å². The lowest BCUT2D eigenvalue weighted by molar-refractivity contribution is -0.122. The average Bonchev–Trinajstić information content (AvgIpc) is 3.10. The van der Waals surface area contributed by atoms with E-state index in [1.54, 1.807) is 18.4 Å². The number of anilines is 2. The number of benzene rings is 1. The molecule has 1 aromatic heterocycles. The van der Waals surface area contributed by atoms with Gasteiger partial charge in [-0.15, -0.1) is 0 Å². The van der Waals surface area contributed by atoms with Crippen LogP contribution in [-0.4, -0.2) is 45.9 Å². The van der Waals surface area contributed by atoms with Crippen molar-refractivity contribution in [2.24, 2.45) is 21.6 Å². The number of aromatic nitrogens is 2. The number of nitrogens with two attached hydrogens (primary N) is 1. The summed E-state index contributed by atoms with van der Waals surface area (Å²) in [5, 5.41) is 14.9. The molecule has 1 atom stereocenters. The fraction of sp³-hybridized carbons (Fsp3) is 0.455. The number of primary amides is 1. The van der Waals surface area contributed by atoms with Crippen molar-refractivity contribution in [3.63, 3.8) is 0 Å². The number of nitrogens with one attached hydrogen (secondary N) is 2. The van der Waals surface area contributed by atoms with Gasteiger partial charge in [0.15, 0.2) is 17.5 Å². The number of carbonyl (C=O) groups is 1. The number of halogens is 3. The monoisotopic (exact) mass is 479 g/mol. The topological polar surface area (TPSA) is 130 Å².